The van der Waals surface area contributed by atoms with Crippen LogP contribution in [0.15, 0.2) is 92.9 Å². The second kappa shape index (κ2) is 25.3. The summed E-state index contributed by atoms with van der Waals surface area (Å²) in [6.07, 6.45) is -0.242. The lowest BCUT2D eigenvalue weighted by atomic mass is 9.99. The van der Waals surface area contributed by atoms with Gasteiger partial charge in [-0.15, -0.1) is 0 Å². The standard InChI is InChI=1S/C43H55N11O12S/c1-25(2)37-42(62)52-32(41(61)51-33(22-36(56)57)39(59)48-24-35(55)50-31(40(60)53-37)8-5-18-47-43(44)45)21-26-10-16-30(17-11-26)66-20-6-19-46-38(58)27-12-14-29(15-13-27)54-49-23-28-7-3-4-9-34(28)67(63,64)65/h3-4,7,9-17,25,31-33,37H,5-6,8,18-24H2,1-2H3,(H,46,58)(H,48,59)(H,50,55)(H,51,61)(H,52,62)(H,53,60)(H,56,57)(H4,44,45,47)(H,63,64,65)/t31?,32-,33?,37-/m1/s1. The molecular weight excluding hydrogens is 895 g/mol. The predicted octanol–water partition coefficient (Wildman–Crippen LogP) is 0.212. The minimum atomic E-state index is -4.42. The number of nitrogens with two attached hydrogens (primary N) is 2. The lowest BCUT2D eigenvalue weighted by Gasteiger charge is -2.27. The predicted molar refractivity (Wildman–Crippen MR) is 241 cm³/mol. The Hall–Kier alpha value is -7.47. The van der Waals surface area contributed by atoms with Crippen molar-refractivity contribution in [3.05, 3.63) is 89.5 Å². The van der Waals surface area contributed by atoms with Crippen molar-refractivity contribution in [2.75, 3.05) is 26.2 Å². The number of carbonyl (C=O) groups is 7. The number of carboxylic acid groups (broad SMARTS) is 1. The van der Waals surface area contributed by atoms with Crippen molar-refractivity contribution in [3.63, 3.8) is 0 Å². The van der Waals surface area contributed by atoms with Crippen LogP contribution in [-0.2, 0) is 51.9 Å². The van der Waals surface area contributed by atoms with Crippen molar-refractivity contribution >= 4 is 63.2 Å². The van der Waals surface area contributed by atoms with Gasteiger partial charge in [0, 0.05) is 25.1 Å². The van der Waals surface area contributed by atoms with Gasteiger partial charge >= 0.3 is 5.97 Å². The number of nitrogens with one attached hydrogen (secondary N) is 6. The van der Waals surface area contributed by atoms with E-state index in [0.29, 0.717) is 29.0 Å². The number of guanidine groups is 1. The van der Waals surface area contributed by atoms with Gasteiger partial charge in [-0.1, -0.05) is 44.2 Å². The number of hydrogen-bond donors (Lipinski definition) is 10. The van der Waals surface area contributed by atoms with Gasteiger partial charge in [0.05, 0.1) is 36.7 Å². The molecule has 0 spiro atoms. The first kappa shape index (κ1) is 52.2. The van der Waals surface area contributed by atoms with Crippen LogP contribution >= 0.6 is 0 Å². The molecule has 3 aromatic rings. The molecule has 0 bridgehead atoms. The Balaban J connectivity index is 1.36. The van der Waals surface area contributed by atoms with Crippen LogP contribution in [0.1, 0.15) is 61.0 Å². The highest BCUT2D eigenvalue weighted by molar-refractivity contribution is 7.85. The average molecular weight is 950 g/mol. The Bertz CT molecular complexity index is 2410. The molecule has 4 rings (SSSR count). The Kier molecular flexibility index (Phi) is 19.7. The SMILES string of the molecule is CC(C)[C@H]1NC(=O)C(CCCN=C(N)N)NC(=O)CNC(=O)C(CC(=O)O)NC(=O)[C@@H](Cc2ccc(OCCCNC(=O)c3ccc(N=NCc4ccccc4S(=O)(=O)O)cc3)cc2)NC1=O. The number of aliphatic imine (C=N–C) groups is 1. The number of carbonyl (C=O) groups excluding carboxylic acids is 6. The third-order valence-corrected chi connectivity index (χ3v) is 10.9. The van der Waals surface area contributed by atoms with Crippen LogP contribution in [0.4, 0.5) is 5.69 Å². The minimum absolute atomic E-state index is 0.0493. The molecule has 6 amide bonds. The Morgan fingerprint density at radius 1 is 0.836 bits per heavy atom. The highest BCUT2D eigenvalue weighted by Gasteiger charge is 2.34. The Morgan fingerprint density at radius 2 is 1.51 bits per heavy atom. The molecule has 0 radical (unpaired) electrons. The van der Waals surface area contributed by atoms with Gasteiger partial charge in [0.1, 0.15) is 29.9 Å². The molecule has 1 aliphatic heterocycles. The number of carboxylic acids is 1. The number of amides is 6. The van der Waals surface area contributed by atoms with Gasteiger partial charge in [-0.25, -0.2) is 0 Å². The van der Waals surface area contributed by atoms with E-state index in [2.05, 4.69) is 47.1 Å². The normalized spacial score (nSPS) is 18.6. The fourth-order valence-corrected chi connectivity index (χ4v) is 7.22. The van der Waals surface area contributed by atoms with Gasteiger partial charge in [-0.2, -0.15) is 18.6 Å². The van der Waals surface area contributed by atoms with E-state index in [1.807, 2.05) is 0 Å². The van der Waals surface area contributed by atoms with Gasteiger partial charge in [-0.05, 0) is 78.8 Å². The molecule has 24 heteroatoms. The highest BCUT2D eigenvalue weighted by atomic mass is 32.2. The fraction of sp³-hybridized carbons (Fsp3) is 0.395. The lowest BCUT2D eigenvalue weighted by Crippen LogP contribution is -2.59. The van der Waals surface area contributed by atoms with E-state index in [9.17, 15) is 51.6 Å². The van der Waals surface area contributed by atoms with Crippen LogP contribution in [0.25, 0.3) is 0 Å². The van der Waals surface area contributed by atoms with Crippen molar-refractivity contribution in [3.8, 4) is 5.75 Å². The van der Waals surface area contributed by atoms with Crippen LogP contribution in [0.3, 0.4) is 0 Å². The molecular formula is C43H55N11O12S. The van der Waals surface area contributed by atoms with E-state index in [1.54, 1.807) is 68.4 Å². The van der Waals surface area contributed by atoms with E-state index in [0.717, 1.165) is 0 Å². The fourth-order valence-electron chi connectivity index (χ4n) is 6.51. The molecule has 360 valence electrons. The topological polar surface area (TPSA) is 365 Å². The monoisotopic (exact) mass is 949 g/mol. The second-order valence-electron chi connectivity index (χ2n) is 15.6. The Morgan fingerprint density at radius 3 is 2.16 bits per heavy atom. The van der Waals surface area contributed by atoms with E-state index in [1.165, 1.54) is 18.2 Å². The first-order valence-corrected chi connectivity index (χ1v) is 22.5. The minimum Gasteiger partial charge on any atom is -0.494 e. The molecule has 67 heavy (non-hydrogen) atoms. The Labute approximate surface area is 386 Å². The van der Waals surface area contributed by atoms with Crippen molar-refractivity contribution in [2.45, 2.75) is 81.6 Å². The summed E-state index contributed by atoms with van der Waals surface area (Å²) < 4.78 is 38.4. The molecule has 0 aromatic heterocycles. The zero-order chi connectivity index (χ0) is 49.1. The summed E-state index contributed by atoms with van der Waals surface area (Å²) in [6.45, 7) is 3.20. The first-order valence-electron chi connectivity index (χ1n) is 21.1. The molecule has 1 fully saturated rings. The van der Waals surface area contributed by atoms with Crippen LogP contribution in [0.5, 0.6) is 5.75 Å². The van der Waals surface area contributed by atoms with Crippen molar-refractivity contribution in [1.82, 2.24) is 31.9 Å². The van der Waals surface area contributed by atoms with E-state index < -0.39 is 88.7 Å². The van der Waals surface area contributed by atoms with E-state index >= 15 is 0 Å². The van der Waals surface area contributed by atoms with Crippen LogP contribution in [-0.4, -0.2) is 116 Å². The average Bonchev–Trinajstić information content (AvgIpc) is 3.27. The molecule has 3 aromatic carbocycles. The number of hydrogen-bond acceptors (Lipinski definition) is 13. The van der Waals surface area contributed by atoms with Gasteiger partial charge in [0.25, 0.3) is 16.0 Å². The van der Waals surface area contributed by atoms with Gasteiger partial charge in [0.2, 0.25) is 29.5 Å². The molecule has 2 unspecified atom stereocenters. The molecule has 0 saturated carbocycles. The summed E-state index contributed by atoms with van der Waals surface area (Å²) in [5.74, 6) is -6.15. The maximum Gasteiger partial charge on any atom is 0.305 e. The zero-order valence-corrected chi connectivity index (χ0v) is 37.6. The lowest BCUT2D eigenvalue weighted by molar-refractivity contribution is -0.141. The second-order valence-corrected chi connectivity index (χ2v) is 17.0. The summed E-state index contributed by atoms with van der Waals surface area (Å²) >= 11 is 0. The third-order valence-electron chi connectivity index (χ3n) is 9.96. The molecule has 23 nitrogen and oxygen atoms in total. The number of rotatable bonds is 19. The smallest absolute Gasteiger partial charge is 0.305 e. The number of benzene rings is 3. The van der Waals surface area contributed by atoms with Crippen LogP contribution in [0.2, 0.25) is 0 Å². The molecule has 1 saturated heterocycles. The molecule has 12 N–H and O–H groups in total. The number of nitrogens with zero attached hydrogens (tertiary/aromatic N) is 3. The van der Waals surface area contributed by atoms with Crippen LogP contribution < -0.4 is 48.1 Å². The number of ether oxygens (including phenoxy) is 1. The van der Waals surface area contributed by atoms with Crippen molar-refractivity contribution in [2.24, 2.45) is 32.6 Å². The summed E-state index contributed by atoms with van der Waals surface area (Å²) in [6, 6.07) is 13.3. The van der Waals surface area contributed by atoms with E-state index in [-0.39, 0.29) is 67.8 Å². The third kappa shape index (κ3) is 17.5. The van der Waals surface area contributed by atoms with Gasteiger partial charge < -0.3 is 53.2 Å². The van der Waals surface area contributed by atoms with Gasteiger partial charge in [-0.3, -0.25) is 43.1 Å². The quantitative estimate of drug-likeness (QED) is 0.0253. The summed E-state index contributed by atoms with van der Waals surface area (Å²) in [4.78, 5) is 95.1. The number of azo groups is 1. The summed E-state index contributed by atoms with van der Waals surface area (Å²) in [7, 11) is -4.42. The zero-order valence-electron chi connectivity index (χ0n) is 36.8. The highest BCUT2D eigenvalue weighted by Crippen LogP contribution is 2.19. The molecule has 1 aliphatic rings. The summed E-state index contributed by atoms with van der Waals surface area (Å²) in [5.41, 5.74) is 12.4. The maximum atomic E-state index is 13.8. The van der Waals surface area contributed by atoms with Crippen molar-refractivity contribution in [1.29, 1.82) is 0 Å². The molecule has 0 aliphatic carbocycles. The first-order chi connectivity index (χ1) is 31.8. The summed E-state index contributed by atoms with van der Waals surface area (Å²) in [5, 5.41) is 32.9. The van der Waals surface area contributed by atoms with Gasteiger partial charge in [0.15, 0.2) is 5.96 Å². The molecule has 4 atom stereocenters. The molecule has 1 heterocycles. The van der Waals surface area contributed by atoms with Crippen LogP contribution in [0, 0.1) is 5.92 Å². The van der Waals surface area contributed by atoms with Crippen molar-refractivity contribution < 1.29 is 56.4 Å². The largest absolute Gasteiger partial charge is 0.494 e. The number of aliphatic carboxylic acids is 1. The maximum absolute atomic E-state index is 13.8. The van der Waals surface area contributed by atoms with E-state index in [4.69, 9.17) is 16.2 Å².